The third-order valence-corrected chi connectivity index (χ3v) is 6.36. The van der Waals surface area contributed by atoms with Crippen LogP contribution in [0.4, 0.5) is 5.69 Å². The number of thioether (sulfide) groups is 1. The standard InChI is InChI=1S/C29H30N2O3S/c1-4-17-34-25-16-13-23(18-26(25)33-5-2)19-27-28(32)31(20-22-9-7-6-8-10-22)29(35-27)30-24-14-11-21(3)12-15-24/h6-16,18-19H,4-5,17,20H2,1-3H3/b27-19+,30-29?. The van der Waals surface area contributed by atoms with Gasteiger partial charge in [0.1, 0.15) is 0 Å². The molecular weight excluding hydrogens is 456 g/mol. The highest BCUT2D eigenvalue weighted by atomic mass is 32.2. The zero-order valence-corrected chi connectivity index (χ0v) is 21.2. The van der Waals surface area contributed by atoms with Gasteiger partial charge in [0.2, 0.25) is 0 Å². The summed E-state index contributed by atoms with van der Waals surface area (Å²) in [4.78, 5) is 20.7. The van der Waals surface area contributed by atoms with Crippen LogP contribution in [0.1, 0.15) is 37.0 Å². The summed E-state index contributed by atoms with van der Waals surface area (Å²) in [6.07, 6.45) is 2.82. The van der Waals surface area contributed by atoms with Crippen LogP contribution in [0.3, 0.4) is 0 Å². The molecule has 0 atom stereocenters. The van der Waals surface area contributed by atoms with Crippen LogP contribution < -0.4 is 9.47 Å². The number of amides is 1. The van der Waals surface area contributed by atoms with Crippen LogP contribution in [0, 0.1) is 6.92 Å². The highest BCUT2D eigenvalue weighted by molar-refractivity contribution is 8.18. The largest absolute Gasteiger partial charge is 0.490 e. The molecule has 0 N–H and O–H groups in total. The Hall–Kier alpha value is -3.51. The monoisotopic (exact) mass is 486 g/mol. The minimum absolute atomic E-state index is 0.0611. The lowest BCUT2D eigenvalue weighted by atomic mass is 10.1. The number of ether oxygens (including phenoxy) is 2. The molecule has 1 heterocycles. The van der Waals surface area contributed by atoms with Crippen LogP contribution in [-0.4, -0.2) is 29.2 Å². The molecule has 1 aliphatic heterocycles. The van der Waals surface area contributed by atoms with Crippen molar-refractivity contribution in [2.24, 2.45) is 4.99 Å². The summed E-state index contributed by atoms with van der Waals surface area (Å²) >= 11 is 1.39. The summed E-state index contributed by atoms with van der Waals surface area (Å²) in [6, 6.07) is 23.7. The van der Waals surface area contributed by atoms with Crippen molar-refractivity contribution >= 4 is 34.6 Å². The van der Waals surface area contributed by atoms with Gasteiger partial charge in [0.15, 0.2) is 16.7 Å². The van der Waals surface area contributed by atoms with Crippen LogP contribution >= 0.6 is 11.8 Å². The minimum Gasteiger partial charge on any atom is -0.490 e. The molecule has 1 fully saturated rings. The summed E-state index contributed by atoms with van der Waals surface area (Å²) in [6.45, 7) is 7.68. The molecule has 5 nitrogen and oxygen atoms in total. The first kappa shape index (κ1) is 24.6. The van der Waals surface area contributed by atoms with Gasteiger partial charge in [-0.15, -0.1) is 0 Å². The molecule has 1 amide bonds. The third-order valence-electron chi connectivity index (χ3n) is 5.36. The molecule has 180 valence electrons. The molecule has 3 aromatic rings. The van der Waals surface area contributed by atoms with E-state index in [1.807, 2.05) is 92.7 Å². The summed E-state index contributed by atoms with van der Waals surface area (Å²) in [5.74, 6) is 1.34. The van der Waals surface area contributed by atoms with Gasteiger partial charge in [0.25, 0.3) is 5.91 Å². The molecule has 0 aromatic heterocycles. The minimum atomic E-state index is -0.0611. The zero-order chi connectivity index (χ0) is 24.6. The van der Waals surface area contributed by atoms with E-state index in [-0.39, 0.29) is 5.91 Å². The first-order valence-corrected chi connectivity index (χ1v) is 12.7. The van der Waals surface area contributed by atoms with Crippen LogP contribution in [0.15, 0.2) is 82.7 Å². The van der Waals surface area contributed by atoms with E-state index in [0.29, 0.717) is 41.3 Å². The first-order valence-electron chi connectivity index (χ1n) is 11.9. The number of carbonyl (C=O) groups is 1. The number of nitrogens with zero attached hydrogens (tertiary/aromatic N) is 2. The molecule has 0 spiro atoms. The molecule has 0 radical (unpaired) electrons. The van der Waals surface area contributed by atoms with Gasteiger partial charge in [0, 0.05) is 0 Å². The maximum absolute atomic E-state index is 13.5. The van der Waals surface area contributed by atoms with Crippen molar-refractivity contribution in [3.63, 3.8) is 0 Å². The Bertz CT molecular complexity index is 1220. The SMILES string of the molecule is CCCOc1ccc(/C=C2/SC(=Nc3ccc(C)cc3)N(Cc3ccccc3)C2=O)cc1OCC. The molecule has 0 bridgehead atoms. The number of benzene rings is 3. The smallest absolute Gasteiger partial charge is 0.267 e. The molecule has 1 aliphatic rings. The van der Waals surface area contributed by atoms with Crippen LogP contribution in [0.25, 0.3) is 6.08 Å². The third kappa shape index (κ3) is 6.34. The highest BCUT2D eigenvalue weighted by Gasteiger charge is 2.33. The Morgan fingerprint density at radius 3 is 2.43 bits per heavy atom. The number of rotatable bonds is 9. The maximum atomic E-state index is 13.5. The second-order valence-corrected chi connectivity index (χ2v) is 9.21. The molecule has 0 unspecified atom stereocenters. The van der Waals surface area contributed by atoms with E-state index in [2.05, 4.69) is 6.92 Å². The van der Waals surface area contributed by atoms with Gasteiger partial charge < -0.3 is 9.47 Å². The van der Waals surface area contributed by atoms with Gasteiger partial charge in [-0.05, 0) is 73.5 Å². The quantitative estimate of drug-likeness (QED) is 0.306. The van der Waals surface area contributed by atoms with E-state index in [1.165, 1.54) is 17.3 Å². The number of carbonyl (C=O) groups excluding carboxylic acids is 1. The number of hydrogen-bond acceptors (Lipinski definition) is 5. The van der Waals surface area contributed by atoms with Gasteiger partial charge >= 0.3 is 0 Å². The lowest BCUT2D eigenvalue weighted by Gasteiger charge is -2.15. The Kier molecular flexibility index (Phi) is 8.27. The van der Waals surface area contributed by atoms with Gasteiger partial charge in [-0.3, -0.25) is 9.69 Å². The van der Waals surface area contributed by atoms with Crippen molar-refractivity contribution in [1.82, 2.24) is 4.90 Å². The Balaban J connectivity index is 1.66. The van der Waals surface area contributed by atoms with E-state index >= 15 is 0 Å². The van der Waals surface area contributed by atoms with E-state index in [9.17, 15) is 4.79 Å². The maximum Gasteiger partial charge on any atom is 0.267 e. The van der Waals surface area contributed by atoms with E-state index < -0.39 is 0 Å². The first-order chi connectivity index (χ1) is 17.1. The number of aryl methyl sites for hydroxylation is 1. The molecule has 0 aliphatic carbocycles. The number of aliphatic imine (C=N–C) groups is 1. The highest BCUT2D eigenvalue weighted by Crippen LogP contribution is 2.37. The summed E-state index contributed by atoms with van der Waals surface area (Å²) < 4.78 is 11.6. The lowest BCUT2D eigenvalue weighted by molar-refractivity contribution is -0.122. The van der Waals surface area contributed by atoms with Gasteiger partial charge in [-0.25, -0.2) is 4.99 Å². The average Bonchev–Trinajstić information content (AvgIpc) is 3.14. The van der Waals surface area contributed by atoms with Gasteiger partial charge in [-0.2, -0.15) is 0 Å². The molecule has 0 saturated carbocycles. The lowest BCUT2D eigenvalue weighted by Crippen LogP contribution is -2.28. The predicted molar refractivity (Wildman–Crippen MR) is 144 cm³/mol. The summed E-state index contributed by atoms with van der Waals surface area (Å²) in [7, 11) is 0. The molecule has 35 heavy (non-hydrogen) atoms. The average molecular weight is 487 g/mol. The van der Waals surface area contributed by atoms with Crippen molar-refractivity contribution in [1.29, 1.82) is 0 Å². The van der Waals surface area contributed by atoms with E-state index in [4.69, 9.17) is 14.5 Å². The fourth-order valence-electron chi connectivity index (χ4n) is 3.59. The van der Waals surface area contributed by atoms with Crippen molar-refractivity contribution in [3.8, 4) is 11.5 Å². The Morgan fingerprint density at radius 2 is 1.71 bits per heavy atom. The van der Waals surface area contributed by atoms with Crippen molar-refractivity contribution in [2.75, 3.05) is 13.2 Å². The van der Waals surface area contributed by atoms with E-state index in [0.717, 1.165) is 23.2 Å². The number of amidine groups is 1. The molecule has 1 saturated heterocycles. The van der Waals surface area contributed by atoms with Gasteiger partial charge in [0.05, 0.1) is 30.4 Å². The fourth-order valence-corrected chi connectivity index (χ4v) is 4.59. The second kappa shape index (κ2) is 11.8. The zero-order valence-electron chi connectivity index (χ0n) is 20.4. The van der Waals surface area contributed by atoms with Crippen molar-refractivity contribution < 1.29 is 14.3 Å². The molecule has 3 aromatic carbocycles. The second-order valence-electron chi connectivity index (χ2n) is 8.21. The molecule has 4 rings (SSSR count). The Labute approximate surface area is 211 Å². The topological polar surface area (TPSA) is 51.1 Å². The van der Waals surface area contributed by atoms with Crippen LogP contribution in [0.2, 0.25) is 0 Å². The fraction of sp³-hybridized carbons (Fsp3) is 0.241. The van der Waals surface area contributed by atoms with Crippen molar-refractivity contribution in [2.45, 2.75) is 33.7 Å². The van der Waals surface area contributed by atoms with E-state index in [1.54, 1.807) is 4.90 Å². The summed E-state index contributed by atoms with van der Waals surface area (Å²) in [5, 5.41) is 0.668. The Morgan fingerprint density at radius 1 is 0.943 bits per heavy atom. The number of hydrogen-bond donors (Lipinski definition) is 0. The van der Waals surface area contributed by atoms with Crippen molar-refractivity contribution in [3.05, 3.63) is 94.4 Å². The normalized spacial score (nSPS) is 15.7. The van der Waals surface area contributed by atoms with Crippen LogP contribution in [0.5, 0.6) is 11.5 Å². The van der Waals surface area contributed by atoms with Gasteiger partial charge in [-0.1, -0.05) is 61.0 Å². The molecule has 6 heteroatoms. The molecular formula is C29H30N2O3S. The summed E-state index contributed by atoms with van der Waals surface area (Å²) in [5.41, 5.74) is 3.92. The predicted octanol–water partition coefficient (Wildman–Crippen LogP) is 6.99. The van der Waals surface area contributed by atoms with Crippen LogP contribution in [-0.2, 0) is 11.3 Å².